The predicted octanol–water partition coefficient (Wildman–Crippen LogP) is 0.877. The zero-order valence-corrected chi connectivity index (χ0v) is 11.3. The minimum absolute atomic E-state index is 0.119. The van der Waals surface area contributed by atoms with E-state index >= 15 is 0 Å². The van der Waals surface area contributed by atoms with E-state index in [2.05, 4.69) is 5.32 Å². The second kappa shape index (κ2) is 5.49. The van der Waals surface area contributed by atoms with Gasteiger partial charge < -0.3 is 15.2 Å². The Morgan fingerprint density at radius 3 is 2.71 bits per heavy atom. The maximum atomic E-state index is 12.3. The maximum Gasteiger partial charge on any atom is 0.331 e. The van der Waals surface area contributed by atoms with Gasteiger partial charge in [0.25, 0.3) is 11.6 Å². The first-order valence-corrected chi connectivity index (χ1v) is 6.25. The number of aryl methyl sites for hydroxylation is 1. The molecule has 21 heavy (non-hydrogen) atoms. The van der Waals surface area contributed by atoms with Gasteiger partial charge in [0.1, 0.15) is 5.56 Å². The molecular formula is C13H14N2O6. The lowest BCUT2D eigenvalue weighted by Gasteiger charge is -2.23. The molecule has 1 fully saturated rings. The fourth-order valence-corrected chi connectivity index (χ4v) is 2.25. The van der Waals surface area contributed by atoms with Crippen molar-refractivity contribution in [1.82, 2.24) is 5.32 Å². The SMILES string of the molecule is Cc1cccc(C(=O)NC2(C(=O)O)CCOC2)c1[N+](=O)[O-]. The summed E-state index contributed by atoms with van der Waals surface area (Å²) in [6.45, 7) is 1.57. The van der Waals surface area contributed by atoms with Crippen molar-refractivity contribution in [3.05, 3.63) is 39.4 Å². The highest BCUT2D eigenvalue weighted by molar-refractivity contribution is 6.01. The van der Waals surface area contributed by atoms with E-state index in [0.29, 0.717) is 5.56 Å². The number of nitrogens with one attached hydrogen (secondary N) is 1. The molecule has 1 heterocycles. The first kappa shape index (κ1) is 14.9. The fraction of sp³-hybridized carbons (Fsp3) is 0.385. The average Bonchev–Trinajstić information content (AvgIpc) is 2.87. The Bertz CT molecular complexity index is 607. The molecule has 0 saturated carbocycles. The lowest BCUT2D eigenvalue weighted by Crippen LogP contribution is -2.55. The van der Waals surface area contributed by atoms with Gasteiger partial charge in [-0.05, 0) is 13.0 Å². The Hall–Kier alpha value is -2.48. The standard InChI is InChI=1S/C13H14N2O6/c1-8-3-2-4-9(10(8)15(19)20)11(16)14-13(12(17)18)5-6-21-7-13/h2-4H,5-7H2,1H3,(H,14,16)(H,17,18). The van der Waals surface area contributed by atoms with Crippen LogP contribution in [0.2, 0.25) is 0 Å². The normalized spacial score (nSPS) is 21.0. The van der Waals surface area contributed by atoms with Crippen LogP contribution in [-0.2, 0) is 9.53 Å². The molecule has 8 heteroatoms. The molecule has 0 bridgehead atoms. The number of hydrogen-bond acceptors (Lipinski definition) is 5. The van der Waals surface area contributed by atoms with E-state index in [1.165, 1.54) is 25.1 Å². The van der Waals surface area contributed by atoms with Crippen molar-refractivity contribution in [1.29, 1.82) is 0 Å². The topological polar surface area (TPSA) is 119 Å². The number of ether oxygens (including phenoxy) is 1. The van der Waals surface area contributed by atoms with Gasteiger partial charge in [0.15, 0.2) is 5.54 Å². The quantitative estimate of drug-likeness (QED) is 0.628. The van der Waals surface area contributed by atoms with Crippen molar-refractivity contribution < 1.29 is 24.4 Å². The van der Waals surface area contributed by atoms with Crippen molar-refractivity contribution in [2.45, 2.75) is 18.9 Å². The molecule has 0 radical (unpaired) electrons. The van der Waals surface area contributed by atoms with Gasteiger partial charge in [-0.1, -0.05) is 12.1 Å². The molecule has 2 rings (SSSR count). The van der Waals surface area contributed by atoms with Crippen LogP contribution in [0.1, 0.15) is 22.3 Å². The molecule has 1 aliphatic rings. The number of nitrogens with zero attached hydrogens (tertiary/aromatic N) is 1. The molecule has 1 saturated heterocycles. The first-order chi connectivity index (χ1) is 9.87. The van der Waals surface area contributed by atoms with E-state index in [4.69, 9.17) is 4.74 Å². The molecule has 1 aromatic carbocycles. The number of nitro benzene ring substituents is 1. The molecule has 1 unspecified atom stereocenters. The summed E-state index contributed by atoms with van der Waals surface area (Å²) in [5.74, 6) is -2.01. The molecule has 1 atom stereocenters. The van der Waals surface area contributed by atoms with E-state index in [1.807, 2.05) is 0 Å². The van der Waals surface area contributed by atoms with Gasteiger partial charge in [0.05, 0.1) is 11.5 Å². The number of nitro groups is 1. The minimum atomic E-state index is -1.53. The Labute approximate surface area is 119 Å². The summed E-state index contributed by atoms with van der Waals surface area (Å²) >= 11 is 0. The highest BCUT2D eigenvalue weighted by Crippen LogP contribution is 2.25. The summed E-state index contributed by atoms with van der Waals surface area (Å²) in [6.07, 6.45) is 0.119. The van der Waals surface area contributed by atoms with Gasteiger partial charge in [-0.15, -0.1) is 0 Å². The summed E-state index contributed by atoms with van der Waals surface area (Å²) in [4.78, 5) is 34.0. The lowest BCUT2D eigenvalue weighted by atomic mass is 9.97. The highest BCUT2D eigenvalue weighted by Gasteiger charge is 2.44. The average molecular weight is 294 g/mol. The summed E-state index contributed by atoms with van der Waals surface area (Å²) in [5, 5.41) is 22.7. The highest BCUT2D eigenvalue weighted by atomic mass is 16.6. The molecular weight excluding hydrogens is 280 g/mol. The third kappa shape index (κ3) is 2.70. The summed E-state index contributed by atoms with van der Waals surface area (Å²) in [6, 6.07) is 4.32. The zero-order valence-electron chi connectivity index (χ0n) is 11.3. The fourth-order valence-electron chi connectivity index (χ4n) is 2.25. The summed E-state index contributed by atoms with van der Waals surface area (Å²) < 4.78 is 5.03. The number of rotatable bonds is 4. The van der Waals surface area contributed by atoms with Gasteiger partial charge in [0, 0.05) is 18.6 Å². The van der Waals surface area contributed by atoms with Crippen LogP contribution in [0.25, 0.3) is 0 Å². The van der Waals surface area contributed by atoms with E-state index < -0.39 is 22.3 Å². The number of carboxylic acid groups (broad SMARTS) is 1. The molecule has 1 amide bonds. The van der Waals surface area contributed by atoms with Crippen LogP contribution < -0.4 is 5.32 Å². The van der Waals surface area contributed by atoms with Crippen molar-refractivity contribution >= 4 is 17.6 Å². The molecule has 1 aliphatic heterocycles. The number of carbonyl (C=O) groups is 2. The third-order valence-electron chi connectivity index (χ3n) is 3.45. The number of para-hydroxylation sites is 1. The molecule has 8 nitrogen and oxygen atoms in total. The van der Waals surface area contributed by atoms with Crippen LogP contribution in [0.5, 0.6) is 0 Å². The monoisotopic (exact) mass is 294 g/mol. The molecule has 0 spiro atoms. The lowest BCUT2D eigenvalue weighted by molar-refractivity contribution is -0.385. The van der Waals surface area contributed by atoms with Crippen molar-refractivity contribution in [3.8, 4) is 0 Å². The third-order valence-corrected chi connectivity index (χ3v) is 3.45. The number of benzene rings is 1. The van der Waals surface area contributed by atoms with Gasteiger partial charge in [-0.2, -0.15) is 0 Å². The van der Waals surface area contributed by atoms with Crippen molar-refractivity contribution in [2.24, 2.45) is 0 Å². The smallest absolute Gasteiger partial charge is 0.331 e. The molecule has 1 aromatic rings. The number of carboxylic acids is 1. The Morgan fingerprint density at radius 2 is 2.19 bits per heavy atom. The van der Waals surface area contributed by atoms with Gasteiger partial charge in [-0.3, -0.25) is 14.9 Å². The van der Waals surface area contributed by atoms with E-state index in [0.717, 1.165) is 0 Å². The van der Waals surface area contributed by atoms with E-state index in [-0.39, 0.29) is 30.9 Å². The van der Waals surface area contributed by atoms with E-state index in [1.54, 1.807) is 0 Å². The van der Waals surface area contributed by atoms with Gasteiger partial charge >= 0.3 is 5.97 Å². The van der Waals surface area contributed by atoms with Gasteiger partial charge in [-0.25, -0.2) is 4.79 Å². The van der Waals surface area contributed by atoms with Crippen LogP contribution in [0.3, 0.4) is 0 Å². The molecule has 0 aromatic heterocycles. The van der Waals surface area contributed by atoms with E-state index in [9.17, 15) is 24.8 Å². The van der Waals surface area contributed by atoms with Crippen LogP contribution in [0.15, 0.2) is 18.2 Å². The largest absolute Gasteiger partial charge is 0.479 e. The van der Waals surface area contributed by atoms with Crippen LogP contribution in [-0.4, -0.2) is 40.7 Å². The Morgan fingerprint density at radius 1 is 1.48 bits per heavy atom. The molecule has 0 aliphatic carbocycles. The molecule has 2 N–H and O–H groups in total. The first-order valence-electron chi connectivity index (χ1n) is 6.25. The van der Waals surface area contributed by atoms with Gasteiger partial charge in [0.2, 0.25) is 0 Å². The van der Waals surface area contributed by atoms with Crippen LogP contribution in [0.4, 0.5) is 5.69 Å². The summed E-state index contributed by atoms with van der Waals surface area (Å²) in [7, 11) is 0. The van der Waals surface area contributed by atoms with Crippen molar-refractivity contribution in [2.75, 3.05) is 13.2 Å². The zero-order chi connectivity index (χ0) is 15.6. The van der Waals surface area contributed by atoms with Crippen molar-refractivity contribution in [3.63, 3.8) is 0 Å². The second-order valence-electron chi connectivity index (χ2n) is 4.87. The Kier molecular flexibility index (Phi) is 3.90. The number of amides is 1. The number of carbonyl (C=O) groups excluding carboxylic acids is 1. The summed E-state index contributed by atoms with van der Waals surface area (Å²) in [5.41, 5.74) is -1.68. The maximum absolute atomic E-state index is 12.3. The number of hydrogen-bond donors (Lipinski definition) is 2. The molecule has 112 valence electrons. The minimum Gasteiger partial charge on any atom is -0.479 e. The second-order valence-corrected chi connectivity index (χ2v) is 4.87. The Balaban J connectivity index is 2.35. The number of aliphatic carboxylic acids is 1. The van der Waals surface area contributed by atoms with Crippen LogP contribution >= 0.6 is 0 Å². The van der Waals surface area contributed by atoms with Crippen LogP contribution in [0, 0.1) is 17.0 Å². The predicted molar refractivity (Wildman–Crippen MR) is 71.1 cm³/mol.